The van der Waals surface area contributed by atoms with Crippen LogP contribution in [0.15, 0.2) is 65.9 Å². The summed E-state index contributed by atoms with van der Waals surface area (Å²) in [5.74, 6) is 0.355. The topological polar surface area (TPSA) is 65.8 Å². The van der Waals surface area contributed by atoms with E-state index < -0.39 is 17.8 Å². The molecule has 1 saturated carbocycles. The number of rotatable bonds is 2. The number of ether oxygens (including phenoxy) is 1. The summed E-state index contributed by atoms with van der Waals surface area (Å²) in [5, 5.41) is 23.2. The van der Waals surface area contributed by atoms with E-state index in [1.165, 1.54) is 22.1 Å². The van der Waals surface area contributed by atoms with Crippen molar-refractivity contribution in [1.82, 2.24) is 9.88 Å². The third-order valence-electron chi connectivity index (χ3n) is 10.0. The number of aromatic nitrogens is 1. The van der Waals surface area contributed by atoms with Gasteiger partial charge in [-0.05, 0) is 86.7 Å². The molecule has 2 spiro atoms. The Morgan fingerprint density at radius 2 is 1.97 bits per heavy atom. The molecule has 7 rings (SSSR count). The van der Waals surface area contributed by atoms with E-state index in [-0.39, 0.29) is 17.1 Å². The zero-order chi connectivity index (χ0) is 24.2. The molecule has 7 atom stereocenters. The van der Waals surface area contributed by atoms with Crippen LogP contribution in [0.3, 0.4) is 0 Å². The van der Waals surface area contributed by atoms with Gasteiger partial charge in [0.15, 0.2) is 0 Å². The number of likely N-dealkylation sites (N-methyl/N-ethyl adjacent to an activating group) is 1. The van der Waals surface area contributed by atoms with Crippen molar-refractivity contribution in [1.29, 1.82) is 0 Å². The highest BCUT2D eigenvalue weighted by atomic mass is 16.5. The Morgan fingerprint density at radius 1 is 1.11 bits per heavy atom. The van der Waals surface area contributed by atoms with Crippen molar-refractivity contribution < 1.29 is 14.9 Å². The molecule has 0 radical (unpaired) electrons. The van der Waals surface area contributed by atoms with E-state index in [0.717, 1.165) is 43.2 Å². The van der Waals surface area contributed by atoms with Crippen LogP contribution in [0.25, 0.3) is 16.5 Å². The number of fused-ring (bicyclic) bond motifs is 2. The maximum Gasteiger partial charge on any atom is 0.105 e. The fourth-order valence-corrected chi connectivity index (χ4v) is 8.19. The molecule has 35 heavy (non-hydrogen) atoms. The average molecular weight is 471 g/mol. The van der Waals surface area contributed by atoms with Crippen molar-refractivity contribution in [2.24, 2.45) is 11.3 Å². The Labute approximate surface area is 206 Å². The molecular formula is C30H34N2O3. The summed E-state index contributed by atoms with van der Waals surface area (Å²) < 4.78 is 7.24. The quantitative estimate of drug-likeness (QED) is 0.687. The van der Waals surface area contributed by atoms with E-state index in [2.05, 4.69) is 54.4 Å². The standard InChI is InChI=1S/C30H34N2O3/c1-28-11-10-20-16-22-26(33)27(34)24(32(2)3)17-29(22)12-13-30(20,35-29)25(28)9-7-21(28)18-6-8-23-19(15-18)5-4-14-31-23/h4-8,10,14-16,24-27,33-34H,9,11-13,17H2,1-3H3/t24-,25+,26+,27+,28+,29+,30+/m0/s1. The molecule has 0 unspecified atom stereocenters. The van der Waals surface area contributed by atoms with E-state index in [1.807, 2.05) is 31.3 Å². The second-order valence-electron chi connectivity index (χ2n) is 11.9. The summed E-state index contributed by atoms with van der Waals surface area (Å²) in [6.45, 7) is 2.42. The van der Waals surface area contributed by atoms with Crippen LogP contribution in [0, 0.1) is 11.3 Å². The fourth-order valence-electron chi connectivity index (χ4n) is 8.19. The number of hydrogen-bond acceptors (Lipinski definition) is 5. The van der Waals surface area contributed by atoms with Gasteiger partial charge in [0, 0.05) is 29.0 Å². The highest BCUT2D eigenvalue weighted by Gasteiger charge is 2.67. The summed E-state index contributed by atoms with van der Waals surface area (Å²) in [5.41, 5.74) is 5.01. The molecule has 2 fully saturated rings. The lowest BCUT2D eigenvalue weighted by Gasteiger charge is -2.55. The minimum absolute atomic E-state index is 0.00992. The predicted octanol–water partition coefficient (Wildman–Crippen LogP) is 4.26. The van der Waals surface area contributed by atoms with Gasteiger partial charge < -0.3 is 19.8 Å². The van der Waals surface area contributed by atoms with E-state index in [4.69, 9.17) is 4.74 Å². The van der Waals surface area contributed by atoms with Gasteiger partial charge in [-0.15, -0.1) is 0 Å². The Morgan fingerprint density at radius 3 is 2.80 bits per heavy atom. The molecule has 182 valence electrons. The monoisotopic (exact) mass is 470 g/mol. The number of hydrogen-bond donors (Lipinski definition) is 2. The normalized spacial score (nSPS) is 41.7. The molecule has 1 saturated heterocycles. The number of allylic oxidation sites excluding steroid dienone is 3. The molecule has 5 aliphatic rings. The van der Waals surface area contributed by atoms with Crippen LogP contribution >= 0.6 is 0 Å². The smallest absolute Gasteiger partial charge is 0.105 e. The first-order valence-corrected chi connectivity index (χ1v) is 13.0. The number of benzene rings is 1. The summed E-state index contributed by atoms with van der Waals surface area (Å²) in [6, 6.07) is 10.7. The lowest BCUT2D eigenvalue weighted by molar-refractivity contribution is -0.161. The minimum atomic E-state index is -0.884. The van der Waals surface area contributed by atoms with Gasteiger partial charge in [0.1, 0.15) is 6.10 Å². The first kappa shape index (κ1) is 21.9. The number of nitrogens with zero attached hydrogens (tertiary/aromatic N) is 2. The molecule has 0 amide bonds. The lowest BCUT2D eigenvalue weighted by Crippen LogP contribution is -2.61. The van der Waals surface area contributed by atoms with Crippen LogP contribution < -0.4 is 0 Å². The van der Waals surface area contributed by atoms with Crippen molar-refractivity contribution in [3.8, 4) is 0 Å². The van der Waals surface area contributed by atoms with Gasteiger partial charge in [-0.3, -0.25) is 4.98 Å². The predicted molar refractivity (Wildman–Crippen MR) is 137 cm³/mol. The first-order chi connectivity index (χ1) is 16.8. The van der Waals surface area contributed by atoms with Crippen LogP contribution in [0.2, 0.25) is 0 Å². The molecule has 2 aromatic rings. The van der Waals surface area contributed by atoms with Crippen molar-refractivity contribution in [3.63, 3.8) is 0 Å². The zero-order valence-electron chi connectivity index (χ0n) is 20.7. The summed E-state index contributed by atoms with van der Waals surface area (Å²) >= 11 is 0. The Kier molecular flexibility index (Phi) is 4.47. The van der Waals surface area contributed by atoms with Crippen LogP contribution in [-0.2, 0) is 4.74 Å². The molecule has 5 nitrogen and oxygen atoms in total. The van der Waals surface area contributed by atoms with Gasteiger partial charge in [0.25, 0.3) is 0 Å². The second kappa shape index (κ2) is 7.13. The molecule has 2 bridgehead atoms. The SMILES string of the molecule is CN(C)[C@H]1C[C@@]23CC[C@@]4(O2)C(=CC[C@]2(C)C(c5ccc6ncccc6c5)=CC[C@H]24)C=C3[C@@H](O)[C@@H]1O. The van der Waals surface area contributed by atoms with Crippen LogP contribution in [-0.4, -0.2) is 63.6 Å². The third kappa shape index (κ3) is 2.76. The average Bonchev–Trinajstić information content (AvgIpc) is 3.37. The largest absolute Gasteiger partial charge is 0.388 e. The first-order valence-electron chi connectivity index (χ1n) is 13.0. The number of aliphatic hydroxyl groups excluding tert-OH is 2. The number of pyridine rings is 1. The summed E-state index contributed by atoms with van der Waals surface area (Å²) in [6.07, 6.45) is 11.7. The lowest BCUT2D eigenvalue weighted by atomic mass is 9.58. The molecule has 3 aliphatic carbocycles. The van der Waals surface area contributed by atoms with Gasteiger partial charge >= 0.3 is 0 Å². The van der Waals surface area contributed by atoms with E-state index in [9.17, 15) is 10.2 Å². The fraction of sp³-hybridized carbons (Fsp3) is 0.500. The Hall–Kier alpha value is -2.31. The highest BCUT2D eigenvalue weighted by molar-refractivity contribution is 5.85. The van der Waals surface area contributed by atoms with Gasteiger partial charge in [0.2, 0.25) is 0 Å². The molecular weight excluding hydrogens is 436 g/mol. The van der Waals surface area contributed by atoms with E-state index in [1.54, 1.807) is 0 Å². The third-order valence-corrected chi connectivity index (χ3v) is 10.0. The number of aliphatic hydroxyl groups is 2. The maximum atomic E-state index is 11.1. The molecule has 2 N–H and O–H groups in total. The van der Waals surface area contributed by atoms with Crippen molar-refractivity contribution in [2.75, 3.05) is 14.1 Å². The van der Waals surface area contributed by atoms with Crippen molar-refractivity contribution >= 4 is 16.5 Å². The molecule has 2 aliphatic heterocycles. The summed E-state index contributed by atoms with van der Waals surface area (Å²) in [7, 11) is 3.96. The van der Waals surface area contributed by atoms with Gasteiger partial charge in [0.05, 0.1) is 22.8 Å². The van der Waals surface area contributed by atoms with E-state index >= 15 is 0 Å². The van der Waals surface area contributed by atoms with Crippen molar-refractivity contribution in [3.05, 3.63) is 71.5 Å². The van der Waals surface area contributed by atoms with Crippen LogP contribution in [0.1, 0.15) is 44.6 Å². The Balaban J connectivity index is 1.30. The summed E-state index contributed by atoms with van der Waals surface area (Å²) in [4.78, 5) is 6.54. The molecule has 3 heterocycles. The maximum absolute atomic E-state index is 11.1. The van der Waals surface area contributed by atoms with Crippen LogP contribution in [0.5, 0.6) is 0 Å². The van der Waals surface area contributed by atoms with Gasteiger partial charge in [-0.2, -0.15) is 0 Å². The van der Waals surface area contributed by atoms with E-state index in [0.29, 0.717) is 5.92 Å². The van der Waals surface area contributed by atoms with Gasteiger partial charge in [-0.25, -0.2) is 0 Å². The molecule has 1 aromatic carbocycles. The minimum Gasteiger partial charge on any atom is -0.388 e. The Bertz CT molecular complexity index is 1330. The van der Waals surface area contributed by atoms with Crippen LogP contribution in [0.4, 0.5) is 0 Å². The highest BCUT2D eigenvalue weighted by Crippen LogP contribution is 2.67. The second-order valence-corrected chi connectivity index (χ2v) is 11.9. The molecule has 1 aromatic heterocycles. The van der Waals surface area contributed by atoms with Gasteiger partial charge in [-0.1, -0.05) is 37.3 Å². The molecule has 5 heteroatoms. The zero-order valence-corrected chi connectivity index (χ0v) is 20.7. The van der Waals surface area contributed by atoms with Crippen molar-refractivity contribution in [2.45, 2.75) is 68.5 Å².